The molecule has 0 aliphatic carbocycles. The zero-order valence-corrected chi connectivity index (χ0v) is 10.2. The van der Waals surface area contributed by atoms with Gasteiger partial charge in [0.2, 0.25) is 0 Å². The van der Waals surface area contributed by atoms with Crippen molar-refractivity contribution in [3.05, 3.63) is 34.7 Å². The van der Waals surface area contributed by atoms with Crippen LogP contribution >= 0.6 is 11.3 Å². The summed E-state index contributed by atoms with van der Waals surface area (Å²) in [5, 5.41) is 10.1. The van der Waals surface area contributed by atoms with Crippen molar-refractivity contribution in [2.24, 2.45) is 5.92 Å². The number of hydrogen-bond acceptors (Lipinski definition) is 2. The van der Waals surface area contributed by atoms with Crippen molar-refractivity contribution < 1.29 is 9.90 Å². The number of hydrogen-bond donors (Lipinski definition) is 1. The number of aromatic carboxylic acids is 1. The highest BCUT2D eigenvalue weighted by atomic mass is 32.1. The Kier molecular flexibility index (Phi) is 2.97. The fraction of sp³-hybridized carbons (Fsp3) is 0.308. The van der Waals surface area contributed by atoms with E-state index in [-0.39, 0.29) is 0 Å². The molecule has 0 atom stereocenters. The van der Waals surface area contributed by atoms with Gasteiger partial charge in [-0.25, -0.2) is 4.79 Å². The molecule has 3 heteroatoms. The summed E-state index contributed by atoms with van der Waals surface area (Å²) in [6.07, 6.45) is 1.01. The predicted octanol–water partition coefficient (Wildman–Crippen LogP) is 3.80. The molecular weight excluding hydrogens is 220 g/mol. The van der Waals surface area contributed by atoms with Crippen molar-refractivity contribution in [2.45, 2.75) is 20.3 Å². The predicted molar refractivity (Wildman–Crippen MR) is 67.3 cm³/mol. The van der Waals surface area contributed by atoms with Gasteiger partial charge >= 0.3 is 5.97 Å². The molecule has 0 aliphatic heterocycles. The van der Waals surface area contributed by atoms with E-state index in [1.165, 1.54) is 4.88 Å². The monoisotopic (exact) mass is 234 g/mol. The van der Waals surface area contributed by atoms with Crippen LogP contribution < -0.4 is 0 Å². The van der Waals surface area contributed by atoms with E-state index in [0.29, 0.717) is 11.5 Å². The van der Waals surface area contributed by atoms with Crippen molar-refractivity contribution in [3.8, 4) is 0 Å². The molecule has 0 bridgehead atoms. The first-order valence-electron chi connectivity index (χ1n) is 5.32. The van der Waals surface area contributed by atoms with Crippen molar-refractivity contribution >= 4 is 27.4 Å². The average molecular weight is 234 g/mol. The number of carboxylic acids is 1. The number of rotatable bonds is 3. The third-order valence-corrected chi connectivity index (χ3v) is 3.64. The molecule has 0 unspecified atom stereocenters. The second-order valence-electron chi connectivity index (χ2n) is 4.34. The van der Waals surface area contributed by atoms with Gasteiger partial charge in [-0.2, -0.15) is 0 Å². The van der Waals surface area contributed by atoms with E-state index in [1.54, 1.807) is 23.5 Å². The third-order valence-electron chi connectivity index (χ3n) is 2.43. The minimum absolute atomic E-state index is 0.414. The molecule has 1 heterocycles. The third kappa shape index (κ3) is 2.09. The van der Waals surface area contributed by atoms with Gasteiger partial charge in [-0.1, -0.05) is 26.0 Å². The van der Waals surface area contributed by atoms with Gasteiger partial charge in [0.05, 0.1) is 5.56 Å². The van der Waals surface area contributed by atoms with E-state index >= 15 is 0 Å². The largest absolute Gasteiger partial charge is 0.478 e. The number of carboxylic acid groups (broad SMARTS) is 1. The van der Waals surface area contributed by atoms with Crippen LogP contribution in [0, 0.1) is 5.92 Å². The lowest BCUT2D eigenvalue weighted by molar-refractivity contribution is 0.0699. The smallest absolute Gasteiger partial charge is 0.337 e. The highest BCUT2D eigenvalue weighted by molar-refractivity contribution is 7.19. The first-order chi connectivity index (χ1) is 7.58. The summed E-state index contributed by atoms with van der Waals surface area (Å²) in [6, 6.07) is 7.55. The molecule has 0 amide bonds. The number of benzene rings is 1. The average Bonchev–Trinajstić information content (AvgIpc) is 2.57. The zero-order valence-electron chi connectivity index (χ0n) is 9.36. The van der Waals surface area contributed by atoms with Gasteiger partial charge in [-0.3, -0.25) is 0 Å². The summed E-state index contributed by atoms with van der Waals surface area (Å²) in [4.78, 5) is 12.3. The molecule has 2 aromatic rings. The zero-order chi connectivity index (χ0) is 11.7. The Morgan fingerprint density at radius 3 is 2.81 bits per heavy atom. The Balaban J connectivity index is 2.52. The van der Waals surface area contributed by atoms with Crippen LogP contribution in [-0.2, 0) is 6.42 Å². The first kappa shape index (κ1) is 11.1. The van der Waals surface area contributed by atoms with E-state index in [1.807, 2.05) is 6.07 Å². The fourth-order valence-corrected chi connectivity index (χ4v) is 3.16. The summed E-state index contributed by atoms with van der Waals surface area (Å²) >= 11 is 1.60. The van der Waals surface area contributed by atoms with Crippen molar-refractivity contribution in [3.63, 3.8) is 0 Å². The Morgan fingerprint density at radius 1 is 1.44 bits per heavy atom. The molecule has 1 aromatic heterocycles. The molecule has 1 N–H and O–H groups in total. The van der Waals surface area contributed by atoms with Gasteiger partial charge in [0.15, 0.2) is 0 Å². The SMILES string of the molecule is CC(C)Cc1cc2cccc(C(=O)O)c2s1. The van der Waals surface area contributed by atoms with Gasteiger partial charge in [0.25, 0.3) is 0 Å². The quantitative estimate of drug-likeness (QED) is 0.877. The molecule has 0 radical (unpaired) electrons. The summed E-state index contributed by atoms with van der Waals surface area (Å²) in [5.74, 6) is -0.245. The summed E-state index contributed by atoms with van der Waals surface area (Å²) < 4.78 is 0.894. The molecule has 2 rings (SSSR count). The standard InChI is InChI=1S/C13H14O2S/c1-8(2)6-10-7-9-4-3-5-11(13(14)15)12(9)16-10/h3-5,7-8H,6H2,1-2H3,(H,14,15). The van der Waals surface area contributed by atoms with Crippen molar-refractivity contribution in [1.82, 2.24) is 0 Å². The number of fused-ring (bicyclic) bond motifs is 1. The Hall–Kier alpha value is -1.35. The maximum Gasteiger partial charge on any atom is 0.337 e. The minimum Gasteiger partial charge on any atom is -0.478 e. The van der Waals surface area contributed by atoms with E-state index in [9.17, 15) is 4.79 Å². The molecule has 0 saturated heterocycles. The highest BCUT2D eigenvalue weighted by Crippen LogP contribution is 2.30. The van der Waals surface area contributed by atoms with Gasteiger partial charge < -0.3 is 5.11 Å². The normalized spacial score (nSPS) is 11.2. The molecule has 1 aromatic carbocycles. The number of carbonyl (C=O) groups is 1. The highest BCUT2D eigenvalue weighted by Gasteiger charge is 2.11. The Labute approximate surface area is 98.5 Å². The number of thiophene rings is 1. The van der Waals surface area contributed by atoms with Crippen LogP contribution in [0.3, 0.4) is 0 Å². The summed E-state index contributed by atoms with van der Waals surface area (Å²) in [6.45, 7) is 4.34. The van der Waals surface area contributed by atoms with Crippen LogP contribution in [0.5, 0.6) is 0 Å². The first-order valence-corrected chi connectivity index (χ1v) is 6.14. The van der Waals surface area contributed by atoms with Crippen molar-refractivity contribution in [1.29, 1.82) is 0 Å². The van der Waals surface area contributed by atoms with Gasteiger partial charge in [0, 0.05) is 9.58 Å². The maximum atomic E-state index is 11.1. The van der Waals surface area contributed by atoms with Crippen LogP contribution in [0.15, 0.2) is 24.3 Å². The minimum atomic E-state index is -0.844. The Morgan fingerprint density at radius 2 is 2.19 bits per heavy atom. The molecule has 0 fully saturated rings. The maximum absolute atomic E-state index is 11.1. The van der Waals surface area contributed by atoms with Crippen LogP contribution in [0.25, 0.3) is 10.1 Å². The summed E-state index contributed by atoms with van der Waals surface area (Å²) in [7, 11) is 0. The molecule has 84 valence electrons. The van der Waals surface area contributed by atoms with Crippen LogP contribution in [0.4, 0.5) is 0 Å². The van der Waals surface area contributed by atoms with Crippen LogP contribution in [0.2, 0.25) is 0 Å². The molecule has 0 saturated carbocycles. The topological polar surface area (TPSA) is 37.3 Å². The van der Waals surface area contributed by atoms with Gasteiger partial charge in [0.1, 0.15) is 0 Å². The van der Waals surface area contributed by atoms with E-state index < -0.39 is 5.97 Å². The van der Waals surface area contributed by atoms with Crippen molar-refractivity contribution in [2.75, 3.05) is 0 Å². The Bertz CT molecular complexity index is 526. The lowest BCUT2D eigenvalue weighted by Gasteiger charge is -1.99. The summed E-state index contributed by atoms with van der Waals surface area (Å²) in [5.41, 5.74) is 0.414. The van der Waals surface area contributed by atoms with E-state index in [0.717, 1.165) is 16.5 Å². The second-order valence-corrected chi connectivity index (χ2v) is 5.48. The molecular formula is C13H14O2S. The lowest BCUT2D eigenvalue weighted by atomic mass is 10.1. The van der Waals surface area contributed by atoms with Crippen LogP contribution in [0.1, 0.15) is 29.1 Å². The van der Waals surface area contributed by atoms with E-state index in [2.05, 4.69) is 19.9 Å². The van der Waals surface area contributed by atoms with E-state index in [4.69, 9.17) is 5.11 Å². The second kappa shape index (κ2) is 4.26. The molecule has 0 aliphatic rings. The molecule has 0 spiro atoms. The van der Waals surface area contributed by atoms with Crippen LogP contribution in [-0.4, -0.2) is 11.1 Å². The fourth-order valence-electron chi connectivity index (χ4n) is 1.79. The molecule has 16 heavy (non-hydrogen) atoms. The molecule has 2 nitrogen and oxygen atoms in total. The van der Waals surface area contributed by atoms with Gasteiger partial charge in [-0.15, -0.1) is 11.3 Å². The van der Waals surface area contributed by atoms with Gasteiger partial charge in [-0.05, 0) is 29.9 Å². The lowest BCUT2D eigenvalue weighted by Crippen LogP contribution is -1.94.